The Hall–Kier alpha value is -2.07. The van der Waals surface area contributed by atoms with E-state index in [1.807, 2.05) is 18.2 Å². The Morgan fingerprint density at radius 3 is 1.49 bits per heavy atom. The Labute approximate surface area is 235 Å². The third-order valence-corrected chi connectivity index (χ3v) is 5.45. The predicted molar refractivity (Wildman–Crippen MR) is 116 cm³/mol. The van der Waals surface area contributed by atoms with Crippen molar-refractivity contribution in [3.05, 3.63) is 112 Å². The summed E-state index contributed by atoms with van der Waals surface area (Å²) in [6, 6.07) is 21.0. The fraction of sp³-hybridized carbons (Fsp3) is 0.231. The molecule has 1 aliphatic carbocycles. The molecule has 0 amide bonds. The quantitative estimate of drug-likeness (QED) is 0.185. The van der Waals surface area contributed by atoms with E-state index in [1.54, 1.807) is 0 Å². The van der Waals surface area contributed by atoms with Gasteiger partial charge in [-0.2, -0.15) is 0 Å². The summed E-state index contributed by atoms with van der Waals surface area (Å²) in [5.41, 5.74) is 2.49. The van der Waals surface area contributed by atoms with Crippen molar-refractivity contribution in [1.29, 1.82) is 0 Å². The molecule has 0 saturated heterocycles. The second-order valence-corrected chi connectivity index (χ2v) is 6.64. The van der Waals surface area contributed by atoms with Gasteiger partial charge in [-0.1, -0.05) is 82.7 Å². The summed E-state index contributed by atoms with van der Waals surface area (Å²) in [7, 11) is 0. The van der Waals surface area contributed by atoms with Gasteiger partial charge in [0.25, 0.3) is 0 Å². The van der Waals surface area contributed by atoms with E-state index in [0.717, 1.165) is 5.56 Å². The number of alkyl halides is 1. The van der Waals surface area contributed by atoms with Gasteiger partial charge >= 0.3 is 67.8 Å². The van der Waals surface area contributed by atoms with Crippen molar-refractivity contribution in [1.82, 2.24) is 0 Å². The van der Waals surface area contributed by atoms with Gasteiger partial charge in [0.15, 0.2) is 0 Å². The van der Waals surface area contributed by atoms with E-state index in [0.29, 0.717) is 16.7 Å². The van der Waals surface area contributed by atoms with Gasteiger partial charge in [0.1, 0.15) is 0 Å². The van der Waals surface area contributed by atoms with Gasteiger partial charge in [0.05, 0.1) is 0 Å². The molecule has 35 heavy (non-hydrogen) atoms. The zero-order valence-electron chi connectivity index (χ0n) is 18.1. The Kier molecular flexibility index (Phi) is 51.8. The monoisotopic (exact) mass is 624 g/mol. The van der Waals surface area contributed by atoms with Crippen LogP contribution in [0.25, 0.3) is 0 Å². The molecule has 0 heterocycles. The summed E-state index contributed by atoms with van der Waals surface area (Å²) in [5.74, 6) is 7.98. The normalized spacial score (nSPS) is 13.7. The Morgan fingerprint density at radius 2 is 1.06 bits per heavy atom. The molecule has 1 aliphatic rings. The predicted octanol–water partition coefficient (Wildman–Crippen LogP) is 5.36. The zero-order chi connectivity index (χ0) is 26.5. The minimum absolute atomic E-state index is 0. The average molecular weight is 625 g/mol. The van der Waals surface area contributed by atoms with Crippen molar-refractivity contribution in [2.24, 2.45) is 11.8 Å². The molecule has 0 aliphatic heterocycles. The van der Waals surface area contributed by atoms with Crippen LogP contribution >= 0.6 is 15.9 Å². The first-order chi connectivity index (χ1) is 16.3. The van der Waals surface area contributed by atoms with Gasteiger partial charge in [-0.25, -0.2) is 0 Å². The number of hydrogen-bond donors (Lipinski definition) is 0. The van der Waals surface area contributed by atoms with Crippen LogP contribution in [-0.2, 0) is 61.5 Å². The minimum Gasteiger partial charge on any atom is 0 e. The van der Waals surface area contributed by atoms with Crippen LogP contribution in [0, 0.1) is 63.6 Å². The number of benzene rings is 2. The molecule has 1 fully saturated rings. The third kappa shape index (κ3) is 21.0. The van der Waals surface area contributed by atoms with Crippen LogP contribution in [0.1, 0.15) is 35.2 Å². The van der Waals surface area contributed by atoms with Crippen LogP contribution in [0.3, 0.4) is 0 Å². The van der Waals surface area contributed by atoms with E-state index in [9.17, 15) is 0 Å². The van der Waals surface area contributed by atoms with Crippen LogP contribution in [0.15, 0.2) is 60.7 Å². The van der Waals surface area contributed by atoms with Crippen molar-refractivity contribution >= 4 is 15.9 Å². The SMILES string of the molecule is BrC(c1ccccc1)[C@@H]1CCC[C@H]1C#Cc1ccccc1.[C-]#[O+].[C-]#[O+].[C-]#[O+].[C-]#[O+].[C-]#[O+].[C-]#[O+].[Co].[Co]. The molecule has 184 valence electrons. The Morgan fingerprint density at radius 1 is 0.657 bits per heavy atom. The molecule has 1 unspecified atom stereocenters. The van der Waals surface area contributed by atoms with E-state index in [-0.39, 0.29) is 33.6 Å². The van der Waals surface area contributed by atoms with E-state index < -0.39 is 0 Å². The van der Waals surface area contributed by atoms with Crippen LogP contribution in [0.5, 0.6) is 0 Å². The smallest absolute Gasteiger partial charge is 0 e. The molecule has 0 bridgehead atoms. The maximum absolute atomic E-state index is 7.50. The summed E-state index contributed by atoms with van der Waals surface area (Å²) >= 11 is 3.91. The second kappa shape index (κ2) is 39.2. The van der Waals surface area contributed by atoms with Gasteiger partial charge in [-0.05, 0) is 36.5 Å². The maximum Gasteiger partial charge on any atom is 0 e. The molecule has 0 spiro atoms. The molecule has 3 atom stereocenters. The molecule has 2 aromatic carbocycles. The standard InChI is InChI=1S/C20H19Br.6CO.2Co/c21-20(18-10-5-2-6-11-18)19-13-7-12-17(19)15-14-16-8-3-1-4-9-16;6*1-2;;/h1-6,8-11,17,19-20H,7,12-13H2;;;;;;;;/t17-,19+,20?;;;;;;;;/m0......../s1. The van der Waals surface area contributed by atoms with Gasteiger partial charge in [0.2, 0.25) is 0 Å². The molecule has 3 rings (SSSR count). The number of hydrogen-bond acceptors (Lipinski definition) is 0. The second-order valence-electron chi connectivity index (χ2n) is 5.65. The van der Waals surface area contributed by atoms with E-state index in [2.05, 4.69) is 110 Å². The van der Waals surface area contributed by atoms with E-state index >= 15 is 0 Å². The molecule has 0 N–H and O–H groups in total. The van der Waals surface area contributed by atoms with Crippen molar-refractivity contribution in [3.63, 3.8) is 0 Å². The van der Waals surface area contributed by atoms with Crippen molar-refractivity contribution in [2.75, 3.05) is 0 Å². The first kappa shape index (κ1) is 46.3. The molecule has 0 aromatic heterocycles. The third-order valence-electron chi connectivity index (χ3n) is 4.24. The Balaban J connectivity index is -0.000000132. The largest absolute Gasteiger partial charge is 0 e. The molecule has 2 aromatic rings. The number of halogens is 1. The molecule has 9 heteroatoms. The Bertz CT molecular complexity index is 851. The van der Waals surface area contributed by atoms with E-state index in [4.69, 9.17) is 27.9 Å². The number of rotatable bonds is 2. The fourth-order valence-corrected chi connectivity index (χ4v) is 4.04. The summed E-state index contributed by atoms with van der Waals surface area (Å²) in [5, 5.41) is 0. The summed E-state index contributed by atoms with van der Waals surface area (Å²) in [6.07, 6.45) is 3.77. The van der Waals surface area contributed by atoms with Crippen LogP contribution in [0.2, 0.25) is 0 Å². The first-order valence-corrected chi connectivity index (χ1v) is 9.74. The summed E-state index contributed by atoms with van der Waals surface area (Å²) in [4.78, 5) is 0.413. The topological polar surface area (TPSA) is 119 Å². The summed E-state index contributed by atoms with van der Waals surface area (Å²) < 4.78 is 45.0. The molecular weight excluding hydrogens is 606 g/mol. The first-order valence-electron chi connectivity index (χ1n) is 8.82. The molecule has 1 saturated carbocycles. The molecule has 2 radical (unpaired) electrons. The summed E-state index contributed by atoms with van der Waals surface area (Å²) in [6.45, 7) is 27.0. The molecular formula is C26H19BrCo2O6. The van der Waals surface area contributed by atoms with Gasteiger partial charge < -0.3 is 0 Å². The van der Waals surface area contributed by atoms with Crippen LogP contribution in [-0.4, -0.2) is 0 Å². The fourth-order valence-electron chi connectivity index (χ4n) is 3.10. The minimum atomic E-state index is 0. The average Bonchev–Trinajstić information content (AvgIpc) is 3.43. The molecule has 6 nitrogen and oxygen atoms in total. The zero-order valence-corrected chi connectivity index (χ0v) is 21.8. The van der Waals surface area contributed by atoms with Crippen molar-refractivity contribution < 1.29 is 61.5 Å². The van der Waals surface area contributed by atoms with Gasteiger partial charge in [-0.15, -0.1) is 0 Å². The van der Waals surface area contributed by atoms with Crippen molar-refractivity contribution in [2.45, 2.75) is 24.1 Å². The maximum atomic E-state index is 7.50. The van der Waals surface area contributed by atoms with Crippen LogP contribution in [0.4, 0.5) is 0 Å². The van der Waals surface area contributed by atoms with Crippen LogP contribution < -0.4 is 0 Å². The van der Waals surface area contributed by atoms with Gasteiger partial charge in [0, 0.05) is 49.9 Å². The van der Waals surface area contributed by atoms with Gasteiger partial charge in [-0.3, -0.25) is 0 Å². The van der Waals surface area contributed by atoms with E-state index in [1.165, 1.54) is 24.8 Å². The van der Waals surface area contributed by atoms with Crippen molar-refractivity contribution in [3.8, 4) is 11.8 Å².